The average molecular weight is 425 g/mol. The predicted molar refractivity (Wildman–Crippen MR) is 125 cm³/mol. The van der Waals surface area contributed by atoms with Crippen LogP contribution in [0.3, 0.4) is 0 Å². The lowest BCUT2D eigenvalue weighted by atomic mass is 9.86. The molecule has 1 atom stereocenters. The van der Waals surface area contributed by atoms with E-state index >= 15 is 0 Å². The lowest BCUT2D eigenvalue weighted by molar-refractivity contribution is 0.294. The van der Waals surface area contributed by atoms with E-state index in [0.717, 1.165) is 32.1 Å². The Morgan fingerprint density at radius 2 is 1.77 bits per heavy atom. The molecule has 1 aliphatic carbocycles. The van der Waals surface area contributed by atoms with Crippen LogP contribution in [0, 0.1) is 17.6 Å². The largest absolute Gasteiger partial charge is 0.490 e. The Hall–Kier alpha value is -2.42. The molecule has 3 heteroatoms. The van der Waals surface area contributed by atoms with Gasteiger partial charge in [0.15, 0.2) is 11.6 Å². The van der Waals surface area contributed by atoms with Gasteiger partial charge >= 0.3 is 0 Å². The van der Waals surface area contributed by atoms with Crippen LogP contribution >= 0.6 is 0 Å². The summed E-state index contributed by atoms with van der Waals surface area (Å²) >= 11 is 0. The van der Waals surface area contributed by atoms with Crippen LogP contribution in [0.5, 0.6) is 5.75 Å². The van der Waals surface area contributed by atoms with Crippen LogP contribution in [0.1, 0.15) is 69.1 Å². The van der Waals surface area contributed by atoms with Crippen molar-refractivity contribution in [2.24, 2.45) is 5.92 Å². The Kier molecular flexibility index (Phi) is 8.87. The van der Waals surface area contributed by atoms with Crippen molar-refractivity contribution in [3.05, 3.63) is 83.0 Å². The first kappa shape index (κ1) is 23.2. The van der Waals surface area contributed by atoms with E-state index in [2.05, 4.69) is 49.4 Å². The molecule has 0 N–H and O–H groups in total. The van der Waals surface area contributed by atoms with Crippen molar-refractivity contribution in [1.29, 1.82) is 0 Å². The summed E-state index contributed by atoms with van der Waals surface area (Å²) in [5, 5.41) is 0. The summed E-state index contributed by atoms with van der Waals surface area (Å²) in [4.78, 5) is 0. The Balaban J connectivity index is 1.48. The van der Waals surface area contributed by atoms with Crippen molar-refractivity contribution in [2.75, 3.05) is 6.61 Å². The smallest absolute Gasteiger partial charge is 0.200 e. The summed E-state index contributed by atoms with van der Waals surface area (Å²) in [6, 6.07) is 12.2. The van der Waals surface area contributed by atoms with E-state index in [1.54, 1.807) is 6.07 Å². The van der Waals surface area contributed by atoms with Crippen molar-refractivity contribution in [1.82, 2.24) is 0 Å². The molecule has 166 valence electrons. The molecule has 1 aliphatic rings. The van der Waals surface area contributed by atoms with Crippen LogP contribution in [-0.4, -0.2) is 6.61 Å². The molecular formula is C28H34F2O. The third kappa shape index (κ3) is 6.53. The van der Waals surface area contributed by atoms with Gasteiger partial charge in [0.1, 0.15) is 0 Å². The minimum absolute atomic E-state index is 0.00319. The standard InChI is InChI=1S/C28H34F2O/c1-3-7-21-10-14-23(15-11-21)24-16-12-22(13-17-24)8-5-6-9-25-18-19-26(31-20-4-2)28(30)27(25)29/h5,8,10-11,14-16,18-19,22H,3-4,6-7,9,12-13,17,20H2,1-2H3. The molecule has 3 rings (SSSR count). The van der Waals surface area contributed by atoms with Crippen LogP contribution in [0.2, 0.25) is 0 Å². The van der Waals surface area contributed by atoms with Gasteiger partial charge in [0, 0.05) is 0 Å². The molecule has 0 saturated heterocycles. The highest BCUT2D eigenvalue weighted by molar-refractivity contribution is 5.66. The van der Waals surface area contributed by atoms with Gasteiger partial charge in [0.25, 0.3) is 0 Å². The maximum atomic E-state index is 14.3. The zero-order chi connectivity index (χ0) is 22.1. The maximum Gasteiger partial charge on any atom is 0.200 e. The number of benzene rings is 2. The Bertz CT molecular complexity index is 896. The molecule has 0 spiro atoms. The molecule has 0 saturated carbocycles. The Morgan fingerprint density at radius 3 is 2.45 bits per heavy atom. The van der Waals surface area contributed by atoms with Crippen LogP contribution < -0.4 is 4.74 Å². The summed E-state index contributed by atoms with van der Waals surface area (Å²) < 4.78 is 33.6. The van der Waals surface area contributed by atoms with Gasteiger partial charge < -0.3 is 4.74 Å². The number of allylic oxidation sites excluding steroid dienone is 4. The number of hydrogen-bond donors (Lipinski definition) is 0. The topological polar surface area (TPSA) is 9.23 Å². The molecule has 0 aliphatic heterocycles. The maximum absolute atomic E-state index is 14.3. The van der Waals surface area contributed by atoms with Gasteiger partial charge in [0.2, 0.25) is 5.82 Å². The SMILES string of the molecule is CCCOc1ccc(CCC=CC2CC=C(c3ccc(CCC)cc3)CC2)c(F)c1F. The van der Waals surface area contributed by atoms with Crippen LogP contribution in [0.25, 0.3) is 5.57 Å². The average Bonchev–Trinajstić information content (AvgIpc) is 2.80. The lowest BCUT2D eigenvalue weighted by Gasteiger charge is -2.19. The highest BCUT2D eigenvalue weighted by atomic mass is 19.2. The first-order valence-corrected chi connectivity index (χ1v) is 11.7. The molecule has 0 bridgehead atoms. The fourth-order valence-corrected chi connectivity index (χ4v) is 4.08. The van der Waals surface area contributed by atoms with E-state index in [-0.39, 0.29) is 5.75 Å². The molecule has 0 aromatic heterocycles. The first-order chi connectivity index (χ1) is 15.1. The molecule has 1 nitrogen and oxygen atoms in total. The van der Waals surface area contributed by atoms with E-state index in [1.165, 1.54) is 29.2 Å². The van der Waals surface area contributed by atoms with Gasteiger partial charge in [-0.15, -0.1) is 0 Å². The van der Waals surface area contributed by atoms with E-state index in [4.69, 9.17) is 4.74 Å². The predicted octanol–water partition coefficient (Wildman–Crippen LogP) is 8.08. The fraction of sp³-hybridized carbons (Fsp3) is 0.429. The van der Waals surface area contributed by atoms with Crippen molar-refractivity contribution in [2.45, 2.75) is 65.2 Å². The van der Waals surface area contributed by atoms with Crippen molar-refractivity contribution < 1.29 is 13.5 Å². The summed E-state index contributed by atoms with van der Waals surface area (Å²) in [6.45, 7) is 4.53. The Morgan fingerprint density at radius 1 is 0.968 bits per heavy atom. The van der Waals surface area contributed by atoms with Gasteiger partial charge in [-0.2, -0.15) is 4.39 Å². The van der Waals surface area contributed by atoms with Crippen molar-refractivity contribution >= 4 is 5.57 Å². The van der Waals surface area contributed by atoms with Gasteiger partial charge in [-0.1, -0.05) is 68.8 Å². The molecule has 0 heterocycles. The van der Waals surface area contributed by atoms with Gasteiger partial charge in [-0.05, 0) is 79.2 Å². The zero-order valence-corrected chi connectivity index (χ0v) is 18.8. The second-order valence-electron chi connectivity index (χ2n) is 8.38. The van der Waals surface area contributed by atoms with Gasteiger partial charge in [0.05, 0.1) is 6.61 Å². The van der Waals surface area contributed by atoms with Crippen molar-refractivity contribution in [3.8, 4) is 5.75 Å². The first-order valence-electron chi connectivity index (χ1n) is 11.7. The third-order valence-electron chi connectivity index (χ3n) is 5.89. The minimum Gasteiger partial charge on any atom is -0.490 e. The normalized spacial score (nSPS) is 16.5. The number of ether oxygens (including phenoxy) is 1. The summed E-state index contributed by atoms with van der Waals surface area (Å²) in [6.07, 6.45) is 14.2. The highest BCUT2D eigenvalue weighted by Gasteiger charge is 2.15. The van der Waals surface area contributed by atoms with Crippen LogP contribution in [-0.2, 0) is 12.8 Å². The molecule has 0 radical (unpaired) electrons. The van der Waals surface area contributed by atoms with E-state index in [1.807, 2.05) is 6.92 Å². The molecule has 0 fully saturated rings. The quantitative estimate of drug-likeness (QED) is 0.350. The minimum atomic E-state index is -0.873. The molecule has 2 aromatic carbocycles. The lowest BCUT2D eigenvalue weighted by Crippen LogP contribution is -2.03. The summed E-state index contributed by atoms with van der Waals surface area (Å²) in [5.41, 5.74) is 4.59. The number of aryl methyl sites for hydroxylation is 2. The fourth-order valence-electron chi connectivity index (χ4n) is 4.08. The summed E-state index contributed by atoms with van der Waals surface area (Å²) in [5.74, 6) is -1.13. The summed E-state index contributed by atoms with van der Waals surface area (Å²) in [7, 11) is 0. The van der Waals surface area contributed by atoms with E-state index in [0.29, 0.717) is 30.9 Å². The molecule has 0 amide bonds. The zero-order valence-electron chi connectivity index (χ0n) is 18.8. The van der Waals surface area contributed by atoms with E-state index in [9.17, 15) is 8.78 Å². The number of hydrogen-bond acceptors (Lipinski definition) is 1. The van der Waals surface area contributed by atoms with E-state index < -0.39 is 11.6 Å². The van der Waals surface area contributed by atoms with Gasteiger partial charge in [-0.3, -0.25) is 0 Å². The van der Waals surface area contributed by atoms with Crippen LogP contribution in [0.4, 0.5) is 8.78 Å². The number of halogens is 2. The second-order valence-corrected chi connectivity index (χ2v) is 8.38. The third-order valence-corrected chi connectivity index (χ3v) is 5.89. The second kappa shape index (κ2) is 11.8. The molecule has 31 heavy (non-hydrogen) atoms. The molecular weight excluding hydrogens is 390 g/mol. The molecule has 2 aromatic rings. The number of rotatable bonds is 10. The highest BCUT2D eigenvalue weighted by Crippen LogP contribution is 2.31. The Labute approximate surface area is 185 Å². The molecule has 1 unspecified atom stereocenters. The van der Waals surface area contributed by atoms with Crippen molar-refractivity contribution in [3.63, 3.8) is 0 Å². The van der Waals surface area contributed by atoms with Gasteiger partial charge in [-0.25, -0.2) is 4.39 Å². The van der Waals surface area contributed by atoms with Crippen LogP contribution in [0.15, 0.2) is 54.6 Å². The monoisotopic (exact) mass is 424 g/mol.